The van der Waals surface area contributed by atoms with Crippen LogP contribution in [0.5, 0.6) is 5.75 Å². The number of hydrogen-bond donors (Lipinski definition) is 1. The largest absolute Gasteiger partial charge is 0.483 e. The Bertz CT molecular complexity index is 931. The molecule has 0 aliphatic rings. The zero-order valence-corrected chi connectivity index (χ0v) is 20.2. The molecule has 0 aromatic heterocycles. The SMILES string of the molecule is Cc1ccc(OCC(=O)N(Cc2ccc(Cl)cc2Cl)C(C)C(=O)NCC(C)C)c(C)c1. The van der Waals surface area contributed by atoms with Crippen LogP contribution in [0.3, 0.4) is 0 Å². The minimum absolute atomic E-state index is 0.168. The average molecular weight is 465 g/mol. The van der Waals surface area contributed by atoms with Gasteiger partial charge < -0.3 is 15.0 Å². The van der Waals surface area contributed by atoms with Gasteiger partial charge in [-0.2, -0.15) is 0 Å². The standard InChI is InChI=1S/C24H30Cl2N2O3/c1-15(2)12-27-24(30)18(5)28(13-19-7-8-20(25)11-21(19)26)23(29)14-31-22-9-6-16(3)10-17(22)4/h6-11,15,18H,12-14H2,1-5H3,(H,27,30). The molecule has 2 rings (SSSR count). The Morgan fingerprint density at radius 1 is 1.06 bits per heavy atom. The molecule has 0 aliphatic heterocycles. The van der Waals surface area contributed by atoms with Crippen LogP contribution in [0.15, 0.2) is 36.4 Å². The van der Waals surface area contributed by atoms with Gasteiger partial charge in [-0.3, -0.25) is 9.59 Å². The van der Waals surface area contributed by atoms with E-state index in [0.29, 0.717) is 33.8 Å². The number of amides is 2. The zero-order chi connectivity index (χ0) is 23.1. The Kier molecular flexibility index (Phi) is 9.20. The third-order valence-electron chi connectivity index (χ3n) is 4.89. The molecule has 0 spiro atoms. The molecule has 0 saturated heterocycles. The van der Waals surface area contributed by atoms with Gasteiger partial charge in [0.1, 0.15) is 11.8 Å². The van der Waals surface area contributed by atoms with E-state index >= 15 is 0 Å². The fourth-order valence-electron chi connectivity index (χ4n) is 3.05. The number of aryl methyl sites for hydroxylation is 2. The predicted octanol–water partition coefficient (Wildman–Crippen LogP) is 5.18. The minimum atomic E-state index is -0.694. The summed E-state index contributed by atoms with van der Waals surface area (Å²) < 4.78 is 5.77. The first-order valence-electron chi connectivity index (χ1n) is 10.3. The summed E-state index contributed by atoms with van der Waals surface area (Å²) in [6.07, 6.45) is 0. The monoisotopic (exact) mass is 464 g/mol. The molecule has 0 aliphatic carbocycles. The number of halogens is 2. The van der Waals surface area contributed by atoms with Crippen molar-refractivity contribution in [2.75, 3.05) is 13.2 Å². The Morgan fingerprint density at radius 2 is 1.77 bits per heavy atom. The predicted molar refractivity (Wildman–Crippen MR) is 126 cm³/mol. The first-order chi connectivity index (χ1) is 14.6. The minimum Gasteiger partial charge on any atom is -0.483 e. The number of carbonyl (C=O) groups is 2. The van der Waals surface area contributed by atoms with E-state index in [-0.39, 0.29) is 25.0 Å². The van der Waals surface area contributed by atoms with Crippen molar-refractivity contribution in [3.63, 3.8) is 0 Å². The molecule has 1 atom stereocenters. The van der Waals surface area contributed by atoms with Crippen molar-refractivity contribution in [2.45, 2.75) is 47.2 Å². The summed E-state index contributed by atoms with van der Waals surface area (Å²) in [7, 11) is 0. The summed E-state index contributed by atoms with van der Waals surface area (Å²) in [5.41, 5.74) is 2.77. The lowest BCUT2D eigenvalue weighted by Crippen LogP contribution is -2.49. The van der Waals surface area contributed by atoms with Gasteiger partial charge in [0.2, 0.25) is 5.91 Å². The smallest absolute Gasteiger partial charge is 0.261 e. The average Bonchev–Trinajstić information content (AvgIpc) is 2.70. The molecule has 0 radical (unpaired) electrons. The topological polar surface area (TPSA) is 58.6 Å². The van der Waals surface area contributed by atoms with Crippen LogP contribution in [0.4, 0.5) is 0 Å². The number of hydrogen-bond acceptors (Lipinski definition) is 3. The molecular weight excluding hydrogens is 435 g/mol. The number of carbonyl (C=O) groups excluding carboxylic acids is 2. The van der Waals surface area contributed by atoms with Crippen LogP contribution in [-0.4, -0.2) is 35.9 Å². The summed E-state index contributed by atoms with van der Waals surface area (Å²) in [5, 5.41) is 3.84. The molecule has 0 fully saturated rings. The Morgan fingerprint density at radius 3 is 2.39 bits per heavy atom. The zero-order valence-electron chi connectivity index (χ0n) is 18.7. The van der Waals surface area contributed by atoms with Crippen LogP contribution in [0.25, 0.3) is 0 Å². The maximum Gasteiger partial charge on any atom is 0.261 e. The molecule has 2 amide bonds. The molecule has 0 saturated carbocycles. The van der Waals surface area contributed by atoms with Gasteiger partial charge in [-0.1, -0.05) is 60.8 Å². The summed E-state index contributed by atoms with van der Waals surface area (Å²) >= 11 is 12.3. The van der Waals surface area contributed by atoms with Gasteiger partial charge in [0, 0.05) is 23.1 Å². The summed E-state index contributed by atoms with van der Waals surface area (Å²) in [6.45, 7) is 10.2. The first-order valence-corrected chi connectivity index (χ1v) is 11.0. The Balaban J connectivity index is 2.20. The maximum atomic E-state index is 13.1. The summed E-state index contributed by atoms with van der Waals surface area (Å²) in [6, 6.07) is 10.2. The van der Waals surface area contributed by atoms with Gasteiger partial charge in [0.05, 0.1) is 0 Å². The Labute approximate surface area is 194 Å². The van der Waals surface area contributed by atoms with E-state index in [1.807, 2.05) is 45.9 Å². The normalized spacial score (nSPS) is 11.9. The van der Waals surface area contributed by atoms with Gasteiger partial charge in [0.15, 0.2) is 6.61 Å². The van der Waals surface area contributed by atoms with Crippen LogP contribution >= 0.6 is 23.2 Å². The lowest BCUT2D eigenvalue weighted by atomic mass is 10.1. The molecule has 168 valence electrons. The third-order valence-corrected chi connectivity index (χ3v) is 5.48. The van der Waals surface area contributed by atoms with Crippen LogP contribution in [0.2, 0.25) is 10.0 Å². The number of nitrogens with one attached hydrogen (secondary N) is 1. The molecule has 7 heteroatoms. The van der Waals surface area contributed by atoms with Crippen molar-refractivity contribution < 1.29 is 14.3 Å². The highest BCUT2D eigenvalue weighted by Crippen LogP contribution is 2.24. The van der Waals surface area contributed by atoms with E-state index < -0.39 is 6.04 Å². The lowest BCUT2D eigenvalue weighted by molar-refractivity contribution is -0.142. The maximum absolute atomic E-state index is 13.1. The molecule has 0 bridgehead atoms. The van der Waals surface area contributed by atoms with E-state index in [4.69, 9.17) is 27.9 Å². The molecule has 0 heterocycles. The van der Waals surface area contributed by atoms with Crippen LogP contribution in [-0.2, 0) is 16.1 Å². The molecule has 1 N–H and O–H groups in total. The van der Waals surface area contributed by atoms with Crippen molar-refractivity contribution >= 4 is 35.0 Å². The van der Waals surface area contributed by atoms with Crippen LogP contribution in [0.1, 0.15) is 37.5 Å². The molecule has 31 heavy (non-hydrogen) atoms. The second-order valence-corrected chi connectivity index (χ2v) is 8.97. The fraction of sp³-hybridized carbons (Fsp3) is 0.417. The van der Waals surface area contributed by atoms with E-state index in [1.54, 1.807) is 25.1 Å². The van der Waals surface area contributed by atoms with Crippen LogP contribution in [0, 0.1) is 19.8 Å². The highest BCUT2D eigenvalue weighted by molar-refractivity contribution is 6.35. The second kappa shape index (κ2) is 11.4. The van der Waals surface area contributed by atoms with Crippen LogP contribution < -0.4 is 10.1 Å². The van der Waals surface area contributed by atoms with Gasteiger partial charge >= 0.3 is 0 Å². The Hall–Kier alpha value is -2.24. The van der Waals surface area contributed by atoms with E-state index in [2.05, 4.69) is 5.32 Å². The number of rotatable bonds is 9. The molecule has 2 aromatic carbocycles. The first kappa shape index (κ1) is 25.0. The number of benzene rings is 2. The molecular formula is C24H30Cl2N2O3. The molecule has 2 aromatic rings. The van der Waals surface area contributed by atoms with Crippen molar-refractivity contribution in [1.82, 2.24) is 10.2 Å². The van der Waals surface area contributed by atoms with Crippen molar-refractivity contribution in [2.24, 2.45) is 5.92 Å². The van der Waals surface area contributed by atoms with Crippen molar-refractivity contribution in [1.29, 1.82) is 0 Å². The third kappa shape index (κ3) is 7.44. The van der Waals surface area contributed by atoms with Gasteiger partial charge in [0.25, 0.3) is 5.91 Å². The highest BCUT2D eigenvalue weighted by Gasteiger charge is 2.27. The second-order valence-electron chi connectivity index (χ2n) is 8.13. The fourth-order valence-corrected chi connectivity index (χ4v) is 3.52. The number of ether oxygens (including phenoxy) is 1. The van der Waals surface area contributed by atoms with Gasteiger partial charge in [-0.25, -0.2) is 0 Å². The van der Waals surface area contributed by atoms with Gasteiger partial charge in [-0.05, 0) is 56.0 Å². The highest BCUT2D eigenvalue weighted by atomic mass is 35.5. The molecule has 1 unspecified atom stereocenters. The number of nitrogens with zero attached hydrogens (tertiary/aromatic N) is 1. The van der Waals surface area contributed by atoms with E-state index in [9.17, 15) is 9.59 Å². The quantitative estimate of drug-likeness (QED) is 0.555. The summed E-state index contributed by atoms with van der Waals surface area (Å²) in [5.74, 6) is 0.413. The molecule has 5 nitrogen and oxygen atoms in total. The van der Waals surface area contributed by atoms with Crippen molar-refractivity contribution in [3.8, 4) is 5.75 Å². The van der Waals surface area contributed by atoms with E-state index in [1.165, 1.54) is 4.90 Å². The van der Waals surface area contributed by atoms with E-state index in [0.717, 1.165) is 11.1 Å². The van der Waals surface area contributed by atoms with Gasteiger partial charge in [-0.15, -0.1) is 0 Å². The van der Waals surface area contributed by atoms with Crippen molar-refractivity contribution in [3.05, 3.63) is 63.1 Å². The lowest BCUT2D eigenvalue weighted by Gasteiger charge is -2.29. The summed E-state index contributed by atoms with van der Waals surface area (Å²) in [4.78, 5) is 27.3.